The number of ether oxygens (including phenoxy) is 1. The Bertz CT molecular complexity index is 1100. The van der Waals surface area contributed by atoms with Crippen LogP contribution in [0.15, 0.2) is 36.9 Å². The van der Waals surface area contributed by atoms with Crippen LogP contribution in [0.25, 0.3) is 10.8 Å². The number of amides is 4. The molecule has 0 N–H and O–H groups in total. The van der Waals surface area contributed by atoms with E-state index in [-0.39, 0.29) is 30.8 Å². The third-order valence-electron chi connectivity index (χ3n) is 5.24. The van der Waals surface area contributed by atoms with Crippen molar-refractivity contribution in [2.45, 2.75) is 13.3 Å². The normalized spacial score (nSPS) is 15.1. The van der Waals surface area contributed by atoms with Gasteiger partial charge in [0.25, 0.3) is 23.6 Å². The summed E-state index contributed by atoms with van der Waals surface area (Å²) in [7, 11) is 0. The van der Waals surface area contributed by atoms with Gasteiger partial charge in [-0.15, -0.1) is 0 Å². The van der Waals surface area contributed by atoms with Crippen LogP contribution >= 0.6 is 0 Å². The predicted octanol–water partition coefficient (Wildman–Crippen LogP) is 2.17. The highest BCUT2D eigenvalue weighted by Crippen LogP contribution is 2.37. The van der Waals surface area contributed by atoms with Crippen molar-refractivity contribution in [2.75, 3.05) is 19.7 Å². The van der Waals surface area contributed by atoms with Crippen LogP contribution in [-0.2, 0) is 9.53 Å². The topological polar surface area (TPSA) is 101 Å². The predicted molar refractivity (Wildman–Crippen MR) is 106 cm³/mol. The Kier molecular flexibility index (Phi) is 4.69. The van der Waals surface area contributed by atoms with Crippen molar-refractivity contribution in [3.63, 3.8) is 0 Å². The van der Waals surface area contributed by atoms with Crippen molar-refractivity contribution < 1.29 is 28.7 Å². The van der Waals surface area contributed by atoms with Crippen LogP contribution in [0, 0.1) is 0 Å². The Morgan fingerprint density at radius 1 is 0.833 bits per heavy atom. The summed E-state index contributed by atoms with van der Waals surface area (Å²) in [5, 5.41) is 0.656. The maximum Gasteiger partial charge on any atom is 0.330 e. The summed E-state index contributed by atoms with van der Waals surface area (Å²) in [4.78, 5) is 65.1. The number of rotatable bonds is 6. The molecule has 30 heavy (non-hydrogen) atoms. The highest BCUT2D eigenvalue weighted by molar-refractivity contribution is 6.33. The Morgan fingerprint density at radius 3 is 1.60 bits per heavy atom. The lowest BCUT2D eigenvalue weighted by Crippen LogP contribution is -2.44. The average Bonchev–Trinajstić information content (AvgIpc) is 2.75. The van der Waals surface area contributed by atoms with Crippen LogP contribution in [0.2, 0.25) is 0 Å². The van der Waals surface area contributed by atoms with Crippen LogP contribution in [0.3, 0.4) is 0 Å². The number of carbonyl (C=O) groups is 5. The van der Waals surface area contributed by atoms with E-state index < -0.39 is 29.6 Å². The molecule has 8 nitrogen and oxygen atoms in total. The van der Waals surface area contributed by atoms with Gasteiger partial charge in [-0.2, -0.15) is 0 Å². The second-order valence-electron chi connectivity index (χ2n) is 6.97. The fourth-order valence-corrected chi connectivity index (χ4v) is 3.90. The number of hydrogen-bond donors (Lipinski definition) is 0. The van der Waals surface area contributed by atoms with E-state index in [0.29, 0.717) is 28.3 Å². The number of esters is 1. The molecule has 0 saturated carbocycles. The molecule has 8 heteroatoms. The summed E-state index contributed by atoms with van der Waals surface area (Å²) in [6.45, 7) is 5.16. The van der Waals surface area contributed by atoms with Crippen LogP contribution in [0.4, 0.5) is 0 Å². The summed E-state index contributed by atoms with van der Waals surface area (Å²) < 4.78 is 4.88. The summed E-state index contributed by atoms with van der Waals surface area (Å²) in [6, 6.07) is 6.04. The minimum absolute atomic E-state index is 0.121. The molecule has 4 amide bonds. The third-order valence-corrected chi connectivity index (χ3v) is 5.24. The molecule has 4 rings (SSSR count). The lowest BCUT2D eigenvalue weighted by atomic mass is 9.86. The van der Waals surface area contributed by atoms with Crippen LogP contribution < -0.4 is 0 Å². The van der Waals surface area contributed by atoms with Gasteiger partial charge in [0.1, 0.15) is 6.61 Å². The van der Waals surface area contributed by atoms with E-state index in [0.717, 1.165) is 11.0 Å². The number of imide groups is 2. The van der Waals surface area contributed by atoms with E-state index in [9.17, 15) is 24.0 Å². The second-order valence-corrected chi connectivity index (χ2v) is 6.97. The summed E-state index contributed by atoms with van der Waals surface area (Å²) >= 11 is 0. The highest BCUT2D eigenvalue weighted by atomic mass is 16.5. The zero-order valence-electron chi connectivity index (χ0n) is 16.3. The van der Waals surface area contributed by atoms with E-state index in [1.165, 1.54) is 29.2 Å². The van der Waals surface area contributed by atoms with E-state index >= 15 is 0 Å². The molecule has 0 radical (unpaired) electrons. The molecule has 0 unspecified atom stereocenters. The van der Waals surface area contributed by atoms with Crippen LogP contribution in [0.1, 0.15) is 54.8 Å². The third kappa shape index (κ3) is 2.72. The molecule has 0 bridgehead atoms. The van der Waals surface area contributed by atoms with Crippen molar-refractivity contribution in [1.29, 1.82) is 0 Å². The molecule has 0 spiro atoms. The van der Waals surface area contributed by atoms with Gasteiger partial charge in [0.05, 0.1) is 6.54 Å². The minimum Gasteiger partial charge on any atom is -0.461 e. The van der Waals surface area contributed by atoms with E-state index in [1.54, 1.807) is 0 Å². The molecule has 152 valence electrons. The lowest BCUT2D eigenvalue weighted by molar-refractivity contribution is -0.137. The number of nitrogens with zero attached hydrogens (tertiary/aromatic N) is 2. The van der Waals surface area contributed by atoms with Gasteiger partial charge in [-0.1, -0.05) is 13.5 Å². The zero-order valence-corrected chi connectivity index (χ0v) is 16.3. The molecule has 0 aromatic heterocycles. The van der Waals surface area contributed by atoms with Gasteiger partial charge in [-0.05, 0) is 30.7 Å². The molecule has 0 fully saturated rings. The second kappa shape index (κ2) is 7.22. The summed E-state index contributed by atoms with van der Waals surface area (Å²) in [5.41, 5.74) is 1.05. The molecule has 0 saturated heterocycles. The van der Waals surface area contributed by atoms with Crippen molar-refractivity contribution in [2.24, 2.45) is 0 Å². The maximum absolute atomic E-state index is 13.0. The standard InChI is InChI=1S/C22H18N2O6/c1-3-9-23-19(26)12-5-7-14-18-15(8-6-13(17(12)18)20(23)27)22(29)24(21(14)28)10-11-30-16(25)4-2/h4-8H,2-3,9-11H2,1H3. The molecule has 2 aliphatic heterocycles. The molecule has 2 aliphatic rings. The van der Waals surface area contributed by atoms with Gasteiger partial charge < -0.3 is 4.74 Å². The Morgan fingerprint density at radius 2 is 1.23 bits per heavy atom. The van der Waals surface area contributed by atoms with Gasteiger partial charge in [-0.25, -0.2) is 4.79 Å². The van der Waals surface area contributed by atoms with E-state index in [4.69, 9.17) is 4.74 Å². The van der Waals surface area contributed by atoms with Crippen LogP contribution in [-0.4, -0.2) is 59.1 Å². The Balaban J connectivity index is 1.80. The molecule has 2 aromatic rings. The van der Waals surface area contributed by atoms with Gasteiger partial charge in [-0.3, -0.25) is 29.0 Å². The van der Waals surface area contributed by atoms with Crippen molar-refractivity contribution in [3.8, 4) is 0 Å². The fraction of sp³-hybridized carbons (Fsp3) is 0.227. The molecular formula is C22H18N2O6. The Hall–Kier alpha value is -3.81. The van der Waals surface area contributed by atoms with Gasteiger partial charge >= 0.3 is 5.97 Å². The van der Waals surface area contributed by atoms with Crippen molar-refractivity contribution >= 4 is 40.4 Å². The molecule has 0 aliphatic carbocycles. The molecule has 2 aromatic carbocycles. The number of hydrogen-bond acceptors (Lipinski definition) is 6. The minimum atomic E-state index is -0.653. The van der Waals surface area contributed by atoms with Crippen molar-refractivity contribution in [3.05, 3.63) is 59.2 Å². The van der Waals surface area contributed by atoms with Crippen molar-refractivity contribution in [1.82, 2.24) is 9.80 Å². The van der Waals surface area contributed by atoms with E-state index in [1.807, 2.05) is 6.92 Å². The first-order valence-corrected chi connectivity index (χ1v) is 9.52. The first-order chi connectivity index (χ1) is 14.4. The fourth-order valence-electron chi connectivity index (χ4n) is 3.90. The van der Waals surface area contributed by atoms with Crippen LogP contribution in [0.5, 0.6) is 0 Å². The first kappa shape index (κ1) is 19.5. The Labute approximate surface area is 171 Å². The SMILES string of the molecule is C=CC(=O)OCCN1C(=O)c2ccc3c4c(ccc(c24)C1=O)C(=O)N(CCC)C3=O. The zero-order chi connectivity index (χ0) is 21.6. The lowest BCUT2D eigenvalue weighted by Gasteiger charge is -2.31. The summed E-state index contributed by atoms with van der Waals surface area (Å²) in [6.07, 6.45) is 1.61. The molecular weight excluding hydrogens is 388 g/mol. The molecule has 2 heterocycles. The average molecular weight is 406 g/mol. The largest absolute Gasteiger partial charge is 0.461 e. The smallest absolute Gasteiger partial charge is 0.330 e. The van der Waals surface area contributed by atoms with Gasteiger partial charge in [0.2, 0.25) is 0 Å². The monoisotopic (exact) mass is 406 g/mol. The maximum atomic E-state index is 13.0. The van der Waals surface area contributed by atoms with Gasteiger partial charge in [0, 0.05) is 45.6 Å². The highest BCUT2D eigenvalue weighted by Gasteiger charge is 2.39. The number of benzene rings is 2. The quantitative estimate of drug-likeness (QED) is 0.414. The first-order valence-electron chi connectivity index (χ1n) is 9.52. The number of carbonyl (C=O) groups excluding carboxylic acids is 5. The van der Waals surface area contributed by atoms with E-state index in [2.05, 4.69) is 6.58 Å². The van der Waals surface area contributed by atoms with Gasteiger partial charge in [0.15, 0.2) is 0 Å². The summed E-state index contributed by atoms with van der Waals surface area (Å²) in [5.74, 6) is -2.66. The molecule has 0 atom stereocenters.